The molecule has 0 bridgehead atoms. The number of hydrogen-bond donors (Lipinski definition) is 0. The molecule has 0 aromatic heterocycles. The molecular formula is C24H36O2. The standard InChI is InChI=1S/C24H36O2/c1-4-7-9-14-23(19-22(6-3)24-25-17-18-26-24)21(5-2)16-15-20-12-10-8-11-13-20/h5-6,8,10-13,21-24H,2-4,7,9,14-19H2,1H3. The second kappa shape index (κ2) is 12.1. The third kappa shape index (κ3) is 6.74. The largest absolute Gasteiger partial charge is 0.350 e. The van der Waals surface area contributed by atoms with Crippen molar-refractivity contribution in [3.63, 3.8) is 0 Å². The molecule has 1 aliphatic rings. The van der Waals surface area contributed by atoms with E-state index < -0.39 is 0 Å². The average molecular weight is 357 g/mol. The molecule has 0 saturated carbocycles. The van der Waals surface area contributed by atoms with E-state index in [0.717, 1.165) is 19.3 Å². The first kappa shape index (κ1) is 20.9. The lowest BCUT2D eigenvalue weighted by molar-refractivity contribution is -0.0766. The SMILES string of the molecule is C=CC(CCc1ccccc1)C(CCCCC)CC(C=C)C1OCCO1. The smallest absolute Gasteiger partial charge is 0.163 e. The van der Waals surface area contributed by atoms with Gasteiger partial charge in [0.25, 0.3) is 0 Å². The molecule has 0 radical (unpaired) electrons. The lowest BCUT2D eigenvalue weighted by Gasteiger charge is -2.29. The van der Waals surface area contributed by atoms with Gasteiger partial charge in [0, 0.05) is 5.92 Å². The molecule has 2 heteroatoms. The van der Waals surface area contributed by atoms with Crippen LogP contribution >= 0.6 is 0 Å². The zero-order chi connectivity index (χ0) is 18.6. The van der Waals surface area contributed by atoms with Gasteiger partial charge in [-0.15, -0.1) is 13.2 Å². The van der Waals surface area contributed by atoms with Crippen LogP contribution in [0.1, 0.15) is 51.0 Å². The minimum Gasteiger partial charge on any atom is -0.350 e. The molecular weight excluding hydrogens is 320 g/mol. The van der Waals surface area contributed by atoms with Crippen LogP contribution in [0.3, 0.4) is 0 Å². The topological polar surface area (TPSA) is 18.5 Å². The fraction of sp³-hybridized carbons (Fsp3) is 0.583. The van der Waals surface area contributed by atoms with Gasteiger partial charge in [0.15, 0.2) is 6.29 Å². The molecule has 2 nitrogen and oxygen atoms in total. The summed E-state index contributed by atoms with van der Waals surface area (Å²) in [6.07, 6.45) is 12.5. The number of hydrogen-bond acceptors (Lipinski definition) is 2. The quantitative estimate of drug-likeness (QED) is 0.310. The van der Waals surface area contributed by atoms with E-state index in [-0.39, 0.29) is 12.2 Å². The first-order chi connectivity index (χ1) is 12.8. The molecule has 0 aliphatic carbocycles. The van der Waals surface area contributed by atoms with Crippen LogP contribution in [0.15, 0.2) is 55.6 Å². The van der Waals surface area contributed by atoms with Crippen molar-refractivity contribution in [2.24, 2.45) is 17.8 Å². The van der Waals surface area contributed by atoms with Crippen molar-refractivity contribution in [3.05, 3.63) is 61.2 Å². The van der Waals surface area contributed by atoms with Crippen LogP contribution in [0.25, 0.3) is 0 Å². The maximum Gasteiger partial charge on any atom is 0.163 e. The lowest BCUT2D eigenvalue weighted by atomic mass is 9.78. The van der Waals surface area contributed by atoms with E-state index >= 15 is 0 Å². The van der Waals surface area contributed by atoms with Gasteiger partial charge in [0.2, 0.25) is 0 Å². The lowest BCUT2D eigenvalue weighted by Crippen LogP contribution is -2.25. The van der Waals surface area contributed by atoms with Gasteiger partial charge in [0.05, 0.1) is 13.2 Å². The summed E-state index contributed by atoms with van der Waals surface area (Å²) in [6, 6.07) is 10.8. The predicted molar refractivity (Wildman–Crippen MR) is 110 cm³/mol. The zero-order valence-corrected chi connectivity index (χ0v) is 16.4. The van der Waals surface area contributed by atoms with Gasteiger partial charge in [-0.3, -0.25) is 0 Å². The minimum atomic E-state index is -0.110. The Morgan fingerprint density at radius 2 is 1.77 bits per heavy atom. The Kier molecular flexibility index (Phi) is 9.73. The van der Waals surface area contributed by atoms with Gasteiger partial charge in [-0.2, -0.15) is 0 Å². The Bertz CT molecular complexity index is 504. The molecule has 2 rings (SSSR count). The van der Waals surface area contributed by atoms with Gasteiger partial charge in [0.1, 0.15) is 0 Å². The van der Waals surface area contributed by atoms with Crippen molar-refractivity contribution in [1.29, 1.82) is 0 Å². The van der Waals surface area contributed by atoms with E-state index in [1.165, 1.54) is 31.2 Å². The molecule has 1 aliphatic heterocycles. The van der Waals surface area contributed by atoms with Gasteiger partial charge in [-0.1, -0.05) is 68.7 Å². The van der Waals surface area contributed by atoms with Crippen molar-refractivity contribution in [3.8, 4) is 0 Å². The first-order valence-electron chi connectivity index (χ1n) is 10.3. The highest BCUT2D eigenvalue weighted by atomic mass is 16.7. The highest BCUT2D eigenvalue weighted by Crippen LogP contribution is 2.33. The second-order valence-corrected chi connectivity index (χ2v) is 7.42. The number of benzene rings is 1. The third-order valence-electron chi connectivity index (χ3n) is 5.57. The van der Waals surface area contributed by atoms with Gasteiger partial charge >= 0.3 is 0 Å². The van der Waals surface area contributed by atoms with Gasteiger partial charge in [-0.05, 0) is 43.1 Å². The highest BCUT2D eigenvalue weighted by Gasteiger charge is 2.29. The van der Waals surface area contributed by atoms with Crippen LogP contribution in [0.5, 0.6) is 0 Å². The van der Waals surface area contributed by atoms with Crippen LogP contribution in [-0.4, -0.2) is 19.5 Å². The Labute approximate surface area is 160 Å². The molecule has 1 heterocycles. The van der Waals surface area contributed by atoms with Crippen LogP contribution < -0.4 is 0 Å². The number of allylic oxidation sites excluding steroid dienone is 1. The summed E-state index contributed by atoms with van der Waals surface area (Å²) in [4.78, 5) is 0. The van der Waals surface area contributed by atoms with E-state index in [4.69, 9.17) is 9.47 Å². The molecule has 26 heavy (non-hydrogen) atoms. The van der Waals surface area contributed by atoms with Gasteiger partial charge < -0.3 is 9.47 Å². The van der Waals surface area contributed by atoms with Crippen molar-refractivity contribution < 1.29 is 9.47 Å². The van der Waals surface area contributed by atoms with E-state index in [2.05, 4.69) is 56.5 Å². The fourth-order valence-corrected chi connectivity index (χ4v) is 3.98. The number of ether oxygens (including phenoxy) is 2. The molecule has 3 unspecified atom stereocenters. The summed E-state index contributed by atoms with van der Waals surface area (Å²) in [5.74, 6) is 1.40. The number of aryl methyl sites for hydroxylation is 1. The summed E-state index contributed by atoms with van der Waals surface area (Å²) in [7, 11) is 0. The normalized spacial score (nSPS) is 18.3. The highest BCUT2D eigenvalue weighted by molar-refractivity contribution is 5.15. The zero-order valence-electron chi connectivity index (χ0n) is 16.4. The molecule has 1 fully saturated rings. The molecule has 144 valence electrons. The van der Waals surface area contributed by atoms with Crippen molar-refractivity contribution >= 4 is 0 Å². The maximum absolute atomic E-state index is 5.76. The molecule has 1 aromatic carbocycles. The molecule has 0 N–H and O–H groups in total. The Balaban J connectivity index is 1.99. The third-order valence-corrected chi connectivity index (χ3v) is 5.57. The fourth-order valence-electron chi connectivity index (χ4n) is 3.98. The van der Waals surface area contributed by atoms with Crippen molar-refractivity contribution in [2.75, 3.05) is 13.2 Å². The molecule has 1 aromatic rings. The van der Waals surface area contributed by atoms with Crippen LogP contribution in [-0.2, 0) is 15.9 Å². The maximum atomic E-state index is 5.76. The molecule has 1 saturated heterocycles. The Morgan fingerprint density at radius 1 is 1.04 bits per heavy atom. The summed E-state index contributed by atoms with van der Waals surface area (Å²) >= 11 is 0. The van der Waals surface area contributed by atoms with Crippen molar-refractivity contribution in [1.82, 2.24) is 0 Å². The van der Waals surface area contributed by atoms with E-state index in [1.807, 2.05) is 6.08 Å². The summed E-state index contributed by atoms with van der Waals surface area (Å²) in [5.41, 5.74) is 1.41. The van der Waals surface area contributed by atoms with E-state index in [1.54, 1.807) is 0 Å². The molecule has 3 atom stereocenters. The summed E-state index contributed by atoms with van der Waals surface area (Å²) < 4.78 is 11.5. The summed E-state index contributed by atoms with van der Waals surface area (Å²) in [5, 5.41) is 0. The predicted octanol–water partition coefficient (Wildman–Crippen LogP) is 6.18. The number of rotatable bonds is 13. The minimum absolute atomic E-state index is 0.110. The van der Waals surface area contributed by atoms with Gasteiger partial charge in [-0.25, -0.2) is 0 Å². The molecule has 0 spiro atoms. The monoisotopic (exact) mass is 356 g/mol. The Morgan fingerprint density at radius 3 is 2.38 bits per heavy atom. The van der Waals surface area contributed by atoms with Crippen LogP contribution in [0.4, 0.5) is 0 Å². The molecule has 0 amide bonds. The first-order valence-corrected chi connectivity index (χ1v) is 10.3. The van der Waals surface area contributed by atoms with Crippen LogP contribution in [0.2, 0.25) is 0 Å². The second-order valence-electron chi connectivity index (χ2n) is 7.42. The van der Waals surface area contributed by atoms with E-state index in [9.17, 15) is 0 Å². The average Bonchev–Trinajstić information content (AvgIpc) is 3.21. The van der Waals surface area contributed by atoms with Crippen LogP contribution in [0, 0.1) is 17.8 Å². The number of unbranched alkanes of at least 4 members (excludes halogenated alkanes) is 2. The summed E-state index contributed by atoms with van der Waals surface area (Å²) in [6.45, 7) is 11.9. The van der Waals surface area contributed by atoms with Crippen molar-refractivity contribution in [2.45, 2.75) is 58.2 Å². The Hall–Kier alpha value is -1.38. The van der Waals surface area contributed by atoms with E-state index in [0.29, 0.717) is 25.0 Å².